The van der Waals surface area contributed by atoms with Crippen molar-refractivity contribution in [1.82, 2.24) is 19.7 Å². The number of carboxylic acid groups (broad SMARTS) is 1. The lowest BCUT2D eigenvalue weighted by molar-refractivity contribution is -0.137. The highest BCUT2D eigenvalue weighted by atomic mass is 19.2. The number of aromatic nitrogens is 4. The van der Waals surface area contributed by atoms with Crippen LogP contribution in [0.1, 0.15) is 56.2 Å². The van der Waals surface area contributed by atoms with Gasteiger partial charge in [-0.2, -0.15) is 5.10 Å². The van der Waals surface area contributed by atoms with Gasteiger partial charge < -0.3 is 14.4 Å². The molecule has 3 heterocycles. The van der Waals surface area contributed by atoms with Gasteiger partial charge >= 0.3 is 5.97 Å². The molecule has 0 fully saturated rings. The summed E-state index contributed by atoms with van der Waals surface area (Å²) in [7, 11) is 1.61. The van der Waals surface area contributed by atoms with Crippen LogP contribution >= 0.6 is 0 Å². The lowest BCUT2D eigenvalue weighted by atomic mass is 9.88. The van der Waals surface area contributed by atoms with Gasteiger partial charge in [0, 0.05) is 48.5 Å². The first-order valence-electron chi connectivity index (χ1n) is 10.9. The van der Waals surface area contributed by atoms with E-state index in [2.05, 4.69) is 10.2 Å². The van der Waals surface area contributed by atoms with Crippen LogP contribution < -0.4 is 0 Å². The number of fused-ring (bicyclic) bond motifs is 2. The first-order chi connectivity index (χ1) is 15.8. The summed E-state index contributed by atoms with van der Waals surface area (Å²) in [5.41, 5.74) is 4.28. The number of aliphatic carboxylic acids is 1. The molecule has 3 aromatic heterocycles. The number of carbonyl (C=O) groups is 1. The Hall–Kier alpha value is -3.33. The Labute approximate surface area is 189 Å². The van der Waals surface area contributed by atoms with Crippen LogP contribution in [0.25, 0.3) is 27.8 Å². The number of carboxylic acids is 1. The average molecular weight is 456 g/mol. The normalized spacial score (nSPS) is 12.8. The Balaban J connectivity index is 2.06. The third-order valence-electron chi connectivity index (χ3n) is 5.91. The maximum atomic E-state index is 14.2. The summed E-state index contributed by atoms with van der Waals surface area (Å²) in [5.74, 6) is -2.90. The van der Waals surface area contributed by atoms with E-state index in [9.17, 15) is 18.7 Å². The van der Waals surface area contributed by atoms with Gasteiger partial charge in [0.1, 0.15) is 0 Å². The molecule has 9 heteroatoms. The van der Waals surface area contributed by atoms with Gasteiger partial charge in [-0.3, -0.25) is 9.89 Å². The highest BCUT2D eigenvalue weighted by Gasteiger charge is 2.28. The summed E-state index contributed by atoms with van der Waals surface area (Å²) in [6, 6.07) is 5.74. The largest absolute Gasteiger partial charge is 0.481 e. The Morgan fingerprint density at radius 2 is 2.00 bits per heavy atom. The molecule has 0 bridgehead atoms. The number of hydrogen-bond acceptors (Lipinski definition) is 4. The van der Waals surface area contributed by atoms with Crippen molar-refractivity contribution in [3.05, 3.63) is 53.4 Å². The van der Waals surface area contributed by atoms with Crippen LogP contribution in [0.5, 0.6) is 0 Å². The van der Waals surface area contributed by atoms with Gasteiger partial charge in [0.25, 0.3) is 0 Å². The molecule has 1 aromatic carbocycles. The summed E-state index contributed by atoms with van der Waals surface area (Å²) in [4.78, 5) is 16.2. The van der Waals surface area contributed by atoms with Crippen LogP contribution in [-0.2, 0) is 9.53 Å². The lowest BCUT2D eigenvalue weighted by Gasteiger charge is -2.21. The highest BCUT2D eigenvalue weighted by molar-refractivity contribution is 5.93. The van der Waals surface area contributed by atoms with Gasteiger partial charge in [0.15, 0.2) is 17.3 Å². The zero-order valence-corrected chi connectivity index (χ0v) is 18.7. The third-order valence-corrected chi connectivity index (χ3v) is 5.91. The Morgan fingerprint density at radius 1 is 1.21 bits per heavy atom. The van der Waals surface area contributed by atoms with E-state index in [-0.39, 0.29) is 18.3 Å². The molecule has 2 N–H and O–H groups in total. The van der Waals surface area contributed by atoms with Crippen LogP contribution in [0.4, 0.5) is 8.78 Å². The highest BCUT2D eigenvalue weighted by Crippen LogP contribution is 2.41. The summed E-state index contributed by atoms with van der Waals surface area (Å²) in [5, 5.41) is 17.1. The second-order valence-corrected chi connectivity index (χ2v) is 8.46. The van der Waals surface area contributed by atoms with E-state index in [1.165, 1.54) is 12.1 Å². The van der Waals surface area contributed by atoms with E-state index in [4.69, 9.17) is 9.72 Å². The molecule has 0 saturated heterocycles. The molecule has 4 aromatic rings. The van der Waals surface area contributed by atoms with E-state index in [1.54, 1.807) is 13.3 Å². The first kappa shape index (κ1) is 22.8. The predicted octanol–water partition coefficient (Wildman–Crippen LogP) is 5.29. The molecule has 0 aliphatic rings. The number of nitrogens with zero attached hydrogens (tertiary/aromatic N) is 3. The van der Waals surface area contributed by atoms with Crippen molar-refractivity contribution in [2.45, 2.75) is 44.9 Å². The van der Waals surface area contributed by atoms with Crippen LogP contribution in [0, 0.1) is 11.6 Å². The quantitative estimate of drug-likeness (QED) is 0.357. The number of methoxy groups -OCH3 is 1. The monoisotopic (exact) mass is 456 g/mol. The fourth-order valence-electron chi connectivity index (χ4n) is 4.47. The number of benzene rings is 1. The number of ether oxygens (including phenoxy) is 1. The first-order valence-corrected chi connectivity index (χ1v) is 10.9. The number of pyridine rings is 1. The molecule has 33 heavy (non-hydrogen) atoms. The summed E-state index contributed by atoms with van der Waals surface area (Å²) in [6.45, 7) is 4.49. The van der Waals surface area contributed by atoms with Crippen molar-refractivity contribution in [1.29, 1.82) is 0 Å². The molecule has 0 aliphatic heterocycles. The number of nitrogens with one attached hydrogen (secondary N) is 1. The van der Waals surface area contributed by atoms with E-state index in [0.717, 1.165) is 28.2 Å². The lowest BCUT2D eigenvalue weighted by Crippen LogP contribution is -2.11. The van der Waals surface area contributed by atoms with Gasteiger partial charge in [-0.05, 0) is 42.9 Å². The molecule has 174 valence electrons. The zero-order chi connectivity index (χ0) is 23.7. The van der Waals surface area contributed by atoms with Crippen molar-refractivity contribution in [3.63, 3.8) is 0 Å². The SMILES string of the molecule is COCC[C@H](CCC(=O)O)c1c(C(C)C)n(-c2ccc(F)c(F)c2)c2cc3cn[nH]c3nc12. The van der Waals surface area contributed by atoms with Crippen LogP contribution in [0.2, 0.25) is 0 Å². The zero-order valence-electron chi connectivity index (χ0n) is 18.7. The van der Waals surface area contributed by atoms with Crippen molar-refractivity contribution < 1.29 is 23.4 Å². The van der Waals surface area contributed by atoms with Crippen LogP contribution in [0.3, 0.4) is 0 Å². The summed E-state index contributed by atoms with van der Waals surface area (Å²) < 4.78 is 35.2. The molecule has 0 radical (unpaired) electrons. The Morgan fingerprint density at radius 3 is 2.67 bits per heavy atom. The number of aromatic amines is 1. The second kappa shape index (κ2) is 9.27. The molecule has 1 atom stereocenters. The van der Waals surface area contributed by atoms with E-state index in [1.807, 2.05) is 24.5 Å². The number of halogens is 2. The van der Waals surface area contributed by atoms with Crippen molar-refractivity contribution in [2.75, 3.05) is 13.7 Å². The minimum atomic E-state index is -0.940. The van der Waals surface area contributed by atoms with Gasteiger partial charge in [-0.15, -0.1) is 0 Å². The molecular formula is C24H26F2N4O3. The molecular weight excluding hydrogens is 430 g/mol. The van der Waals surface area contributed by atoms with Crippen molar-refractivity contribution in [3.8, 4) is 5.69 Å². The Kier molecular flexibility index (Phi) is 6.42. The van der Waals surface area contributed by atoms with Crippen molar-refractivity contribution >= 4 is 28.0 Å². The van der Waals surface area contributed by atoms with Gasteiger partial charge in [-0.1, -0.05) is 13.8 Å². The van der Waals surface area contributed by atoms with E-state index < -0.39 is 17.6 Å². The predicted molar refractivity (Wildman–Crippen MR) is 121 cm³/mol. The Bertz CT molecular complexity index is 1310. The van der Waals surface area contributed by atoms with Crippen LogP contribution in [0.15, 0.2) is 30.5 Å². The van der Waals surface area contributed by atoms with Gasteiger partial charge in [0.05, 0.1) is 17.2 Å². The topological polar surface area (TPSA) is 93.0 Å². The molecule has 4 rings (SSSR count). The summed E-state index contributed by atoms with van der Waals surface area (Å²) >= 11 is 0. The fourth-order valence-corrected chi connectivity index (χ4v) is 4.47. The smallest absolute Gasteiger partial charge is 0.303 e. The molecule has 0 spiro atoms. The maximum Gasteiger partial charge on any atom is 0.303 e. The van der Waals surface area contributed by atoms with Gasteiger partial charge in [-0.25, -0.2) is 13.8 Å². The maximum absolute atomic E-state index is 14.2. The van der Waals surface area contributed by atoms with Crippen molar-refractivity contribution in [2.24, 2.45) is 0 Å². The number of H-pyrrole nitrogens is 1. The van der Waals surface area contributed by atoms with Crippen LogP contribution in [-0.4, -0.2) is 44.5 Å². The minimum absolute atomic E-state index is 0.00390. The molecule has 0 unspecified atom stereocenters. The second-order valence-electron chi connectivity index (χ2n) is 8.46. The summed E-state index contributed by atoms with van der Waals surface area (Å²) in [6.07, 6.45) is 2.66. The number of rotatable bonds is 9. The number of hydrogen-bond donors (Lipinski definition) is 2. The van der Waals surface area contributed by atoms with E-state index >= 15 is 0 Å². The molecule has 0 amide bonds. The standard InChI is InChI=1S/C24H26F2N4O3/c1-13(2)23-21(14(8-9-33-3)4-7-20(31)32)22-19(10-15-12-27-29-24(15)28-22)30(23)16-5-6-17(25)18(26)11-16/h5-6,10-14H,4,7-9H2,1-3H3,(H,31,32)(H,27,28,29)/t14-/m0/s1. The van der Waals surface area contributed by atoms with E-state index in [0.29, 0.717) is 36.3 Å². The minimum Gasteiger partial charge on any atom is -0.481 e. The molecule has 7 nitrogen and oxygen atoms in total. The molecule has 0 saturated carbocycles. The van der Waals surface area contributed by atoms with Gasteiger partial charge in [0.2, 0.25) is 0 Å². The third kappa shape index (κ3) is 4.32. The average Bonchev–Trinajstić information content (AvgIpc) is 3.36. The molecule has 0 aliphatic carbocycles. The fraction of sp³-hybridized carbons (Fsp3) is 0.375.